The van der Waals surface area contributed by atoms with Gasteiger partial charge in [0.1, 0.15) is 6.61 Å². The Balaban J connectivity index is 2.44. The lowest BCUT2D eigenvalue weighted by Gasteiger charge is -2.18. The van der Waals surface area contributed by atoms with Crippen LogP contribution in [-0.2, 0) is 28.5 Å². The van der Waals surface area contributed by atoms with Crippen LogP contribution in [0.1, 0.15) is 64.7 Å². The van der Waals surface area contributed by atoms with Crippen molar-refractivity contribution >= 4 is 29.3 Å². The molecule has 15 heteroatoms. The van der Waals surface area contributed by atoms with Crippen LogP contribution < -0.4 is 25.8 Å². The molecule has 48 heavy (non-hydrogen) atoms. The van der Waals surface area contributed by atoms with Crippen molar-refractivity contribution < 1.29 is 42.9 Å². The highest BCUT2D eigenvalue weighted by molar-refractivity contribution is 7.99. The standard InChI is InChI=1S/C33H58N4O10S/c1-7-8-9-25(4)32(38)35-10-11-36-33(39)28(34)23-48-26(5)27-20-30(42-6)31(21-29(27)37(40)41)47-19-18-45-15-14-43-12-13-44-16-17-46-22-24(2)3/h20-21,24-26,28H,7-19,22-23,34H2,1-6H3,(H,35,38)(H,36,39). The van der Waals surface area contributed by atoms with Crippen molar-refractivity contribution in [3.05, 3.63) is 27.8 Å². The van der Waals surface area contributed by atoms with Gasteiger partial charge in [-0.3, -0.25) is 19.7 Å². The third-order valence-electron chi connectivity index (χ3n) is 7.02. The second-order valence-corrected chi connectivity index (χ2v) is 13.1. The number of carbonyl (C=O) groups is 2. The van der Waals surface area contributed by atoms with Crippen LogP contribution in [-0.4, -0.2) is 108 Å². The van der Waals surface area contributed by atoms with Gasteiger partial charge in [0.15, 0.2) is 11.5 Å². The summed E-state index contributed by atoms with van der Waals surface area (Å²) in [6, 6.07) is 2.08. The molecule has 0 saturated heterocycles. The number of nitrogens with zero attached hydrogens (tertiary/aromatic N) is 1. The van der Waals surface area contributed by atoms with E-state index in [0.717, 1.165) is 25.9 Å². The summed E-state index contributed by atoms with van der Waals surface area (Å²) < 4.78 is 33.1. The van der Waals surface area contributed by atoms with E-state index >= 15 is 0 Å². The highest BCUT2D eigenvalue weighted by Crippen LogP contribution is 2.41. The number of hydrogen-bond acceptors (Lipinski definition) is 12. The average molecular weight is 703 g/mol. The lowest BCUT2D eigenvalue weighted by Crippen LogP contribution is -2.45. The molecule has 1 rings (SSSR count). The van der Waals surface area contributed by atoms with Crippen molar-refractivity contribution in [2.24, 2.45) is 17.6 Å². The Hall–Kier alpha value is -2.69. The lowest BCUT2D eigenvalue weighted by molar-refractivity contribution is -0.385. The molecule has 4 N–H and O–H groups in total. The van der Waals surface area contributed by atoms with E-state index in [1.807, 2.05) is 6.92 Å². The molecule has 276 valence electrons. The van der Waals surface area contributed by atoms with E-state index in [1.54, 1.807) is 13.0 Å². The molecule has 0 aliphatic carbocycles. The molecule has 1 aromatic carbocycles. The van der Waals surface area contributed by atoms with E-state index in [4.69, 9.17) is 34.2 Å². The first-order valence-corrected chi connectivity index (χ1v) is 17.8. The molecule has 0 spiro atoms. The molecule has 2 amide bonds. The fourth-order valence-electron chi connectivity index (χ4n) is 4.24. The molecule has 0 aromatic heterocycles. The SMILES string of the molecule is CCCCC(C)C(=O)NCCNC(=O)C(N)CSC(C)c1cc(OC)c(OCCOCCOCCOCCOCC(C)C)cc1[N+](=O)[O-]. The minimum Gasteiger partial charge on any atom is -0.493 e. The van der Waals surface area contributed by atoms with Crippen molar-refractivity contribution in [2.75, 3.05) is 85.4 Å². The molecule has 0 saturated carbocycles. The van der Waals surface area contributed by atoms with Crippen LogP contribution in [0.4, 0.5) is 5.69 Å². The van der Waals surface area contributed by atoms with Gasteiger partial charge in [0.05, 0.1) is 70.4 Å². The van der Waals surface area contributed by atoms with Crippen LogP contribution in [0.25, 0.3) is 0 Å². The minimum absolute atomic E-state index is 0.0362. The van der Waals surface area contributed by atoms with Crippen LogP contribution in [0, 0.1) is 22.0 Å². The number of benzene rings is 1. The quantitative estimate of drug-likeness (QED) is 0.0623. The first-order chi connectivity index (χ1) is 23.0. The van der Waals surface area contributed by atoms with Gasteiger partial charge in [-0.25, -0.2) is 0 Å². The predicted molar refractivity (Wildman–Crippen MR) is 187 cm³/mol. The maximum Gasteiger partial charge on any atom is 0.277 e. The number of nitro groups is 1. The molecule has 0 bridgehead atoms. The fourth-order valence-corrected chi connectivity index (χ4v) is 5.26. The molecule has 14 nitrogen and oxygen atoms in total. The molecule has 0 fully saturated rings. The van der Waals surface area contributed by atoms with Crippen LogP contribution in [0.2, 0.25) is 0 Å². The summed E-state index contributed by atoms with van der Waals surface area (Å²) in [5.41, 5.74) is 6.38. The van der Waals surface area contributed by atoms with Crippen molar-refractivity contribution in [2.45, 2.75) is 65.2 Å². The molecular weight excluding hydrogens is 644 g/mol. The zero-order valence-electron chi connectivity index (χ0n) is 29.6. The maximum atomic E-state index is 12.5. The summed E-state index contributed by atoms with van der Waals surface area (Å²) in [7, 11) is 1.46. The Morgan fingerprint density at radius 1 is 0.875 bits per heavy atom. The van der Waals surface area contributed by atoms with Crippen LogP contribution >= 0.6 is 11.8 Å². The molecule has 1 aromatic rings. The Morgan fingerprint density at radius 3 is 1.98 bits per heavy atom. The molecule has 3 atom stereocenters. The summed E-state index contributed by atoms with van der Waals surface area (Å²) in [5.74, 6) is 0.826. The lowest BCUT2D eigenvalue weighted by atomic mass is 10.0. The van der Waals surface area contributed by atoms with Gasteiger partial charge in [0, 0.05) is 42.2 Å². The number of ether oxygens (including phenoxy) is 6. The second-order valence-electron chi connectivity index (χ2n) is 11.7. The van der Waals surface area contributed by atoms with Crippen LogP contribution in [0.3, 0.4) is 0 Å². The van der Waals surface area contributed by atoms with Gasteiger partial charge in [-0.15, -0.1) is 0 Å². The van der Waals surface area contributed by atoms with E-state index in [9.17, 15) is 19.7 Å². The Kier molecular flexibility index (Phi) is 23.7. The van der Waals surface area contributed by atoms with Crippen molar-refractivity contribution in [1.29, 1.82) is 0 Å². The van der Waals surface area contributed by atoms with E-state index in [-0.39, 0.29) is 59.9 Å². The van der Waals surface area contributed by atoms with Gasteiger partial charge in [0.2, 0.25) is 11.8 Å². The van der Waals surface area contributed by atoms with E-state index in [1.165, 1.54) is 24.9 Å². The van der Waals surface area contributed by atoms with Gasteiger partial charge < -0.3 is 44.8 Å². The number of unbranched alkanes of at least 4 members (excludes halogenated alkanes) is 1. The molecular formula is C33H58N4O10S. The zero-order chi connectivity index (χ0) is 35.7. The van der Waals surface area contributed by atoms with Gasteiger partial charge in [-0.1, -0.05) is 40.5 Å². The first kappa shape index (κ1) is 43.3. The number of thioether (sulfide) groups is 1. The Morgan fingerprint density at radius 2 is 1.44 bits per heavy atom. The van der Waals surface area contributed by atoms with E-state index < -0.39 is 11.0 Å². The molecule has 0 heterocycles. The topological polar surface area (TPSA) is 183 Å². The first-order valence-electron chi connectivity index (χ1n) is 16.7. The number of nitrogens with one attached hydrogen (secondary N) is 2. The van der Waals surface area contributed by atoms with Gasteiger partial charge >= 0.3 is 0 Å². The summed E-state index contributed by atoms with van der Waals surface area (Å²) in [5, 5.41) is 17.1. The van der Waals surface area contributed by atoms with E-state index in [0.29, 0.717) is 63.4 Å². The van der Waals surface area contributed by atoms with Crippen molar-refractivity contribution in [1.82, 2.24) is 10.6 Å². The van der Waals surface area contributed by atoms with Gasteiger partial charge in [0.25, 0.3) is 5.69 Å². The zero-order valence-corrected chi connectivity index (χ0v) is 30.4. The highest BCUT2D eigenvalue weighted by Gasteiger charge is 2.25. The smallest absolute Gasteiger partial charge is 0.277 e. The summed E-state index contributed by atoms with van der Waals surface area (Å²) >= 11 is 1.32. The second kappa shape index (κ2) is 26.2. The van der Waals surface area contributed by atoms with Crippen molar-refractivity contribution in [3.8, 4) is 11.5 Å². The number of nitro benzene ring substituents is 1. The summed E-state index contributed by atoms with van der Waals surface area (Å²) in [4.78, 5) is 36.1. The molecule has 0 radical (unpaired) electrons. The third kappa shape index (κ3) is 18.7. The monoisotopic (exact) mass is 702 g/mol. The number of nitrogens with two attached hydrogens (primary N) is 1. The third-order valence-corrected chi connectivity index (χ3v) is 8.33. The van der Waals surface area contributed by atoms with Gasteiger partial charge in [-0.2, -0.15) is 11.8 Å². The summed E-state index contributed by atoms with van der Waals surface area (Å²) in [6.45, 7) is 14.4. The number of carbonyl (C=O) groups excluding carboxylic acids is 2. The Labute approximate surface area is 290 Å². The van der Waals surface area contributed by atoms with Crippen molar-refractivity contribution in [3.63, 3.8) is 0 Å². The largest absolute Gasteiger partial charge is 0.493 e. The van der Waals surface area contributed by atoms with Crippen LogP contribution in [0.5, 0.6) is 11.5 Å². The number of hydrogen-bond donors (Lipinski definition) is 3. The fraction of sp³-hybridized carbons (Fsp3) is 0.758. The minimum atomic E-state index is -0.835. The van der Waals surface area contributed by atoms with E-state index in [2.05, 4.69) is 31.4 Å². The predicted octanol–water partition coefficient (Wildman–Crippen LogP) is 3.88. The van der Waals surface area contributed by atoms with Gasteiger partial charge in [-0.05, 0) is 25.3 Å². The summed E-state index contributed by atoms with van der Waals surface area (Å²) in [6.07, 6.45) is 2.85. The Bertz CT molecular complexity index is 1070. The number of amides is 2. The number of rotatable bonds is 29. The number of methoxy groups -OCH3 is 1. The van der Waals surface area contributed by atoms with Crippen LogP contribution in [0.15, 0.2) is 12.1 Å². The normalized spacial score (nSPS) is 13.2. The maximum absolute atomic E-state index is 12.5. The average Bonchev–Trinajstić information content (AvgIpc) is 3.06. The highest BCUT2D eigenvalue weighted by atomic mass is 32.2. The molecule has 0 aliphatic heterocycles. The molecule has 0 aliphatic rings. The molecule has 3 unspecified atom stereocenters.